The molecule has 1 heterocycles. The van der Waals surface area contributed by atoms with Gasteiger partial charge in [0.05, 0.1) is 5.69 Å². The highest BCUT2D eigenvalue weighted by molar-refractivity contribution is 9.10. The molecule has 1 aliphatic carbocycles. The van der Waals surface area contributed by atoms with Crippen molar-refractivity contribution in [2.75, 3.05) is 24.2 Å². The Morgan fingerprint density at radius 1 is 1.41 bits per heavy atom. The molecule has 1 fully saturated rings. The van der Waals surface area contributed by atoms with E-state index in [9.17, 15) is 0 Å². The smallest absolute Gasteiger partial charge is 0.151 e. The van der Waals surface area contributed by atoms with Gasteiger partial charge in [-0.15, -0.1) is 0 Å². The number of aromatic nitrogens is 1. The van der Waals surface area contributed by atoms with E-state index in [0.717, 1.165) is 28.4 Å². The van der Waals surface area contributed by atoms with Gasteiger partial charge >= 0.3 is 0 Å². The van der Waals surface area contributed by atoms with E-state index in [1.54, 1.807) is 0 Å². The summed E-state index contributed by atoms with van der Waals surface area (Å²) >= 11 is 3.38. The number of nitrogens with two attached hydrogens (primary N) is 1. The lowest BCUT2D eigenvalue weighted by atomic mass is 9.89. The van der Waals surface area contributed by atoms with Crippen LogP contribution >= 0.6 is 15.9 Å². The van der Waals surface area contributed by atoms with Crippen molar-refractivity contribution in [1.82, 2.24) is 4.98 Å². The molecule has 4 heteroatoms. The van der Waals surface area contributed by atoms with E-state index in [-0.39, 0.29) is 0 Å². The molecule has 17 heavy (non-hydrogen) atoms. The quantitative estimate of drug-likeness (QED) is 0.929. The Morgan fingerprint density at radius 2 is 2.12 bits per heavy atom. The topological polar surface area (TPSA) is 42.2 Å². The first-order chi connectivity index (χ1) is 8.16. The van der Waals surface area contributed by atoms with Crippen LogP contribution in [0.2, 0.25) is 0 Å². The maximum absolute atomic E-state index is 5.99. The molecule has 2 rings (SSSR count). The molecule has 94 valence electrons. The molecule has 1 aromatic heterocycles. The summed E-state index contributed by atoms with van der Waals surface area (Å²) in [5.74, 6) is 1.71. The van der Waals surface area contributed by atoms with Gasteiger partial charge in [-0.05, 0) is 40.8 Å². The van der Waals surface area contributed by atoms with Gasteiger partial charge in [0.1, 0.15) is 0 Å². The van der Waals surface area contributed by atoms with Gasteiger partial charge in [-0.25, -0.2) is 4.98 Å². The molecule has 3 nitrogen and oxygen atoms in total. The van der Waals surface area contributed by atoms with Crippen molar-refractivity contribution in [2.45, 2.75) is 32.1 Å². The Labute approximate surface area is 112 Å². The minimum absolute atomic E-state index is 0.748. The number of hydrogen-bond donors (Lipinski definition) is 1. The van der Waals surface area contributed by atoms with Gasteiger partial charge in [-0.3, -0.25) is 0 Å². The first-order valence-corrected chi connectivity index (χ1v) is 7.08. The SMILES string of the molecule is CN(CC1CCCCC1)c1ncc(Br)cc1N. The molecular formula is C13H20BrN3. The zero-order valence-corrected chi connectivity index (χ0v) is 11.9. The van der Waals surface area contributed by atoms with Crippen LogP contribution in [-0.4, -0.2) is 18.6 Å². The number of rotatable bonds is 3. The lowest BCUT2D eigenvalue weighted by molar-refractivity contribution is 0.361. The van der Waals surface area contributed by atoms with Crippen LogP contribution in [-0.2, 0) is 0 Å². The Hall–Kier alpha value is -0.770. The predicted octanol–water partition coefficient (Wildman–Crippen LogP) is 3.44. The normalized spacial score (nSPS) is 17.1. The van der Waals surface area contributed by atoms with Crippen molar-refractivity contribution in [3.63, 3.8) is 0 Å². The summed E-state index contributed by atoms with van der Waals surface area (Å²) in [4.78, 5) is 6.59. The van der Waals surface area contributed by atoms with E-state index in [1.807, 2.05) is 12.3 Å². The fraction of sp³-hybridized carbons (Fsp3) is 0.615. The third-order valence-corrected chi connectivity index (χ3v) is 3.91. The van der Waals surface area contributed by atoms with Crippen LogP contribution < -0.4 is 10.6 Å². The van der Waals surface area contributed by atoms with Gasteiger partial charge in [0.2, 0.25) is 0 Å². The second-order valence-electron chi connectivity index (χ2n) is 4.95. The third-order valence-electron chi connectivity index (χ3n) is 3.48. The Morgan fingerprint density at radius 3 is 2.76 bits per heavy atom. The molecule has 2 N–H and O–H groups in total. The summed E-state index contributed by atoms with van der Waals surface area (Å²) in [6, 6.07) is 1.92. The van der Waals surface area contributed by atoms with E-state index in [1.165, 1.54) is 32.1 Å². The van der Waals surface area contributed by atoms with E-state index in [2.05, 4.69) is 32.9 Å². The van der Waals surface area contributed by atoms with Crippen LogP contribution in [0.5, 0.6) is 0 Å². The molecular weight excluding hydrogens is 278 g/mol. The molecule has 0 bridgehead atoms. The zero-order valence-electron chi connectivity index (χ0n) is 10.3. The van der Waals surface area contributed by atoms with E-state index in [4.69, 9.17) is 5.73 Å². The fourth-order valence-corrected chi connectivity index (χ4v) is 2.96. The van der Waals surface area contributed by atoms with Crippen LogP contribution in [0, 0.1) is 5.92 Å². The van der Waals surface area contributed by atoms with Crippen molar-refractivity contribution >= 4 is 27.4 Å². The molecule has 0 spiro atoms. The Bertz CT molecular complexity index is 375. The van der Waals surface area contributed by atoms with Crippen LogP contribution in [0.15, 0.2) is 16.7 Å². The van der Waals surface area contributed by atoms with E-state index in [0.29, 0.717) is 0 Å². The van der Waals surface area contributed by atoms with Crippen molar-refractivity contribution in [3.05, 3.63) is 16.7 Å². The van der Waals surface area contributed by atoms with E-state index >= 15 is 0 Å². The van der Waals surface area contributed by atoms with Crippen LogP contribution in [0.25, 0.3) is 0 Å². The van der Waals surface area contributed by atoms with Gasteiger partial charge in [0.15, 0.2) is 5.82 Å². The van der Waals surface area contributed by atoms with Gasteiger partial charge in [-0.1, -0.05) is 19.3 Å². The van der Waals surface area contributed by atoms with Crippen molar-refractivity contribution in [3.8, 4) is 0 Å². The fourth-order valence-electron chi connectivity index (χ4n) is 2.61. The van der Waals surface area contributed by atoms with Gasteiger partial charge in [0, 0.05) is 24.3 Å². The molecule has 0 amide bonds. The van der Waals surface area contributed by atoms with Crippen LogP contribution in [0.1, 0.15) is 32.1 Å². The average molecular weight is 298 g/mol. The number of hydrogen-bond acceptors (Lipinski definition) is 3. The number of pyridine rings is 1. The van der Waals surface area contributed by atoms with Crippen molar-refractivity contribution in [1.29, 1.82) is 0 Å². The second kappa shape index (κ2) is 5.71. The summed E-state index contributed by atoms with van der Waals surface area (Å²) in [6.07, 6.45) is 8.66. The molecule has 0 atom stereocenters. The average Bonchev–Trinajstić information content (AvgIpc) is 2.30. The lowest BCUT2D eigenvalue weighted by Crippen LogP contribution is -2.28. The molecule has 0 aromatic carbocycles. The lowest BCUT2D eigenvalue weighted by Gasteiger charge is -2.28. The van der Waals surface area contributed by atoms with Crippen molar-refractivity contribution < 1.29 is 0 Å². The number of nitrogen functional groups attached to an aromatic ring is 1. The third kappa shape index (κ3) is 3.35. The van der Waals surface area contributed by atoms with E-state index < -0.39 is 0 Å². The summed E-state index contributed by atoms with van der Waals surface area (Å²) in [5.41, 5.74) is 6.74. The minimum Gasteiger partial charge on any atom is -0.396 e. The van der Waals surface area contributed by atoms with Gasteiger partial charge in [0.25, 0.3) is 0 Å². The number of anilines is 2. The highest BCUT2D eigenvalue weighted by Crippen LogP contribution is 2.28. The standard InChI is InChI=1S/C13H20BrN3/c1-17(9-10-5-3-2-4-6-10)13-12(15)7-11(14)8-16-13/h7-8,10H,2-6,9,15H2,1H3. The summed E-state index contributed by atoms with van der Waals surface area (Å²) in [7, 11) is 2.08. The maximum atomic E-state index is 5.99. The summed E-state index contributed by atoms with van der Waals surface area (Å²) in [6.45, 7) is 1.07. The Balaban J connectivity index is 2.00. The summed E-state index contributed by atoms with van der Waals surface area (Å²) < 4.78 is 0.935. The second-order valence-corrected chi connectivity index (χ2v) is 5.87. The highest BCUT2D eigenvalue weighted by Gasteiger charge is 2.17. The first kappa shape index (κ1) is 12.7. The molecule has 1 aliphatic rings. The highest BCUT2D eigenvalue weighted by atomic mass is 79.9. The number of halogens is 1. The van der Waals surface area contributed by atoms with Crippen molar-refractivity contribution in [2.24, 2.45) is 5.92 Å². The Kier molecular flexibility index (Phi) is 4.26. The molecule has 0 radical (unpaired) electrons. The minimum atomic E-state index is 0.748. The molecule has 0 unspecified atom stereocenters. The monoisotopic (exact) mass is 297 g/mol. The first-order valence-electron chi connectivity index (χ1n) is 6.29. The molecule has 0 saturated heterocycles. The van der Waals surface area contributed by atoms with Crippen LogP contribution in [0.4, 0.5) is 11.5 Å². The zero-order chi connectivity index (χ0) is 12.3. The predicted molar refractivity (Wildman–Crippen MR) is 76.2 cm³/mol. The maximum Gasteiger partial charge on any atom is 0.151 e. The summed E-state index contributed by atoms with van der Waals surface area (Å²) in [5, 5.41) is 0. The molecule has 1 aromatic rings. The number of nitrogens with zero attached hydrogens (tertiary/aromatic N) is 2. The molecule has 0 aliphatic heterocycles. The van der Waals surface area contributed by atoms with Gasteiger partial charge in [-0.2, -0.15) is 0 Å². The van der Waals surface area contributed by atoms with Crippen LogP contribution in [0.3, 0.4) is 0 Å². The largest absolute Gasteiger partial charge is 0.396 e. The molecule has 1 saturated carbocycles. The van der Waals surface area contributed by atoms with Gasteiger partial charge < -0.3 is 10.6 Å².